The lowest BCUT2D eigenvalue weighted by Gasteiger charge is -2.32. The lowest BCUT2D eigenvalue weighted by atomic mass is 10.1. The smallest absolute Gasteiger partial charge is 0.299 e. The number of aromatic nitrogens is 4. The van der Waals surface area contributed by atoms with E-state index < -0.39 is 0 Å². The number of thiazole rings is 1. The normalized spacial score (nSPS) is 14.6. The number of carbonyl (C=O) groups is 1. The standard InChI is InChI=1S/C25H29ClN8O2S2/c1-30(2)23-18(6-7-33(25(23)36)16-32-10-8-31(3)9-11-32)19-12-22(27-13-17-4-5-21(26)38-17)34(29-19)24(35)20-14-37-15-28-20/h4-7,12,14-15,27H,8-11,13,16H2,1-3H3. The lowest BCUT2D eigenvalue weighted by Crippen LogP contribution is -2.46. The third kappa shape index (κ3) is 5.69. The first-order valence-electron chi connectivity index (χ1n) is 12.1. The van der Waals surface area contributed by atoms with Crippen molar-refractivity contribution in [2.24, 2.45) is 0 Å². The van der Waals surface area contributed by atoms with Crippen LogP contribution in [0.4, 0.5) is 11.5 Å². The van der Waals surface area contributed by atoms with Gasteiger partial charge in [0.05, 0.1) is 28.8 Å². The van der Waals surface area contributed by atoms with Crippen molar-refractivity contribution in [3.8, 4) is 11.3 Å². The van der Waals surface area contributed by atoms with Gasteiger partial charge >= 0.3 is 0 Å². The summed E-state index contributed by atoms with van der Waals surface area (Å²) in [7, 11) is 5.80. The number of anilines is 2. The van der Waals surface area contributed by atoms with E-state index >= 15 is 0 Å². The Labute approximate surface area is 233 Å². The maximum Gasteiger partial charge on any atom is 0.299 e. The van der Waals surface area contributed by atoms with Crippen molar-refractivity contribution in [1.29, 1.82) is 0 Å². The second-order valence-corrected chi connectivity index (χ2v) is 11.9. The molecule has 0 aliphatic carbocycles. The highest BCUT2D eigenvalue weighted by molar-refractivity contribution is 7.16. The van der Waals surface area contributed by atoms with E-state index in [0.717, 1.165) is 31.1 Å². The SMILES string of the molecule is CN1CCN(Cn2ccc(-c3cc(NCc4ccc(Cl)s4)n(C(=O)c4cscn4)n3)c(N(C)C)c2=O)CC1. The molecule has 1 aliphatic rings. The molecule has 5 heterocycles. The number of carbonyl (C=O) groups excluding carboxylic acids is 1. The van der Waals surface area contributed by atoms with Crippen LogP contribution in [0.3, 0.4) is 0 Å². The van der Waals surface area contributed by atoms with Crippen LogP contribution in [0.5, 0.6) is 0 Å². The number of thiophene rings is 1. The highest BCUT2D eigenvalue weighted by Gasteiger charge is 2.23. The molecule has 4 aromatic rings. The average molecular weight is 573 g/mol. The molecular formula is C25H29ClN8O2S2. The van der Waals surface area contributed by atoms with Crippen molar-refractivity contribution in [3.05, 3.63) is 66.6 Å². The van der Waals surface area contributed by atoms with Crippen LogP contribution in [0.25, 0.3) is 11.3 Å². The summed E-state index contributed by atoms with van der Waals surface area (Å²) in [4.78, 5) is 38.4. The number of hydrogen-bond acceptors (Lipinski definition) is 10. The van der Waals surface area contributed by atoms with Crippen LogP contribution in [-0.4, -0.2) is 82.4 Å². The quantitative estimate of drug-likeness (QED) is 0.343. The molecule has 4 aromatic heterocycles. The Balaban J connectivity index is 1.50. The van der Waals surface area contributed by atoms with Gasteiger partial charge in [-0.15, -0.1) is 22.7 Å². The van der Waals surface area contributed by atoms with Crippen molar-refractivity contribution < 1.29 is 4.79 Å². The summed E-state index contributed by atoms with van der Waals surface area (Å²) in [5.74, 6) is 0.160. The Bertz CT molecular complexity index is 1470. The number of likely N-dealkylation sites (N-methyl/N-ethyl adjacent to an activating group) is 1. The number of nitrogens with one attached hydrogen (secondary N) is 1. The predicted octanol–water partition coefficient (Wildman–Crippen LogP) is 3.45. The van der Waals surface area contributed by atoms with Crippen molar-refractivity contribution >= 4 is 51.7 Å². The molecule has 1 aliphatic heterocycles. The monoisotopic (exact) mass is 572 g/mol. The van der Waals surface area contributed by atoms with Gasteiger partial charge in [0.2, 0.25) is 0 Å². The molecule has 10 nitrogen and oxygen atoms in total. The summed E-state index contributed by atoms with van der Waals surface area (Å²) < 4.78 is 3.75. The lowest BCUT2D eigenvalue weighted by molar-refractivity contribution is 0.0943. The van der Waals surface area contributed by atoms with Gasteiger partial charge in [0.25, 0.3) is 11.5 Å². The molecule has 0 atom stereocenters. The zero-order chi connectivity index (χ0) is 26.8. The van der Waals surface area contributed by atoms with Gasteiger partial charge in [-0.05, 0) is 25.2 Å². The van der Waals surface area contributed by atoms with Crippen molar-refractivity contribution in [2.75, 3.05) is 57.5 Å². The number of nitrogens with zero attached hydrogens (tertiary/aromatic N) is 7. The zero-order valence-electron chi connectivity index (χ0n) is 21.4. The molecule has 38 heavy (non-hydrogen) atoms. The molecule has 200 valence electrons. The Morgan fingerprint density at radius 2 is 1.97 bits per heavy atom. The minimum atomic E-state index is -0.348. The van der Waals surface area contributed by atoms with Crippen molar-refractivity contribution in [1.82, 2.24) is 29.1 Å². The summed E-state index contributed by atoms with van der Waals surface area (Å²) in [5, 5.41) is 9.65. The third-order valence-electron chi connectivity index (χ3n) is 6.44. The summed E-state index contributed by atoms with van der Waals surface area (Å²) in [6, 6.07) is 7.47. The molecule has 0 bridgehead atoms. The first-order valence-corrected chi connectivity index (χ1v) is 14.3. The molecule has 0 radical (unpaired) electrons. The van der Waals surface area contributed by atoms with Crippen LogP contribution in [0.15, 0.2) is 46.1 Å². The first-order chi connectivity index (χ1) is 18.3. The molecule has 0 unspecified atom stereocenters. The van der Waals surface area contributed by atoms with Crippen LogP contribution in [0, 0.1) is 0 Å². The molecule has 1 saturated heterocycles. The predicted molar refractivity (Wildman–Crippen MR) is 154 cm³/mol. The van der Waals surface area contributed by atoms with Crippen molar-refractivity contribution in [2.45, 2.75) is 13.2 Å². The van der Waals surface area contributed by atoms with Crippen LogP contribution in [-0.2, 0) is 13.2 Å². The Kier molecular flexibility index (Phi) is 7.96. The van der Waals surface area contributed by atoms with Crippen LogP contribution >= 0.6 is 34.3 Å². The van der Waals surface area contributed by atoms with Gasteiger partial charge in [0.1, 0.15) is 17.2 Å². The molecule has 0 aromatic carbocycles. The van der Waals surface area contributed by atoms with Gasteiger partial charge in [-0.1, -0.05) is 11.6 Å². The molecule has 5 rings (SSSR count). The largest absolute Gasteiger partial charge is 0.373 e. The van der Waals surface area contributed by atoms with Gasteiger partial charge in [-0.25, -0.2) is 4.98 Å². The topological polar surface area (TPSA) is 91.5 Å². The van der Waals surface area contributed by atoms with Gasteiger partial charge in [0.15, 0.2) is 0 Å². The molecule has 0 spiro atoms. The van der Waals surface area contributed by atoms with E-state index in [9.17, 15) is 9.59 Å². The molecule has 1 fully saturated rings. The summed E-state index contributed by atoms with van der Waals surface area (Å²) >= 11 is 8.90. The highest BCUT2D eigenvalue weighted by atomic mass is 35.5. The zero-order valence-corrected chi connectivity index (χ0v) is 23.8. The van der Waals surface area contributed by atoms with Crippen LogP contribution in [0.1, 0.15) is 15.4 Å². The summed E-state index contributed by atoms with van der Waals surface area (Å²) in [6.45, 7) is 4.78. The van der Waals surface area contributed by atoms with E-state index in [0.29, 0.717) is 46.0 Å². The average Bonchev–Trinajstić information content (AvgIpc) is 3.66. The highest BCUT2D eigenvalue weighted by Crippen LogP contribution is 2.30. The summed E-state index contributed by atoms with van der Waals surface area (Å²) in [5.41, 5.74) is 3.51. The number of piperazine rings is 1. The van der Waals surface area contributed by atoms with Gasteiger partial charge in [-0.3, -0.25) is 14.5 Å². The van der Waals surface area contributed by atoms with Crippen molar-refractivity contribution in [3.63, 3.8) is 0 Å². The van der Waals surface area contributed by atoms with E-state index in [1.165, 1.54) is 27.4 Å². The second kappa shape index (κ2) is 11.4. The minimum Gasteiger partial charge on any atom is -0.373 e. The Hall–Kier alpha value is -3.03. The van der Waals surface area contributed by atoms with Gasteiger partial charge < -0.3 is 19.7 Å². The van der Waals surface area contributed by atoms with E-state index in [1.807, 2.05) is 38.5 Å². The molecular weight excluding hydrogens is 544 g/mol. The van der Waals surface area contributed by atoms with Crippen LogP contribution < -0.4 is 15.8 Å². The maximum atomic E-state index is 13.6. The fraction of sp³-hybridized carbons (Fsp3) is 0.360. The summed E-state index contributed by atoms with van der Waals surface area (Å²) in [6.07, 6.45) is 1.81. The number of rotatable bonds is 8. The Morgan fingerprint density at radius 1 is 1.18 bits per heavy atom. The minimum absolute atomic E-state index is 0.102. The van der Waals surface area contributed by atoms with Gasteiger partial charge in [-0.2, -0.15) is 9.78 Å². The van der Waals surface area contributed by atoms with Gasteiger partial charge in [0, 0.05) is 68.4 Å². The fourth-order valence-electron chi connectivity index (χ4n) is 4.36. The molecule has 1 N–H and O–H groups in total. The van der Waals surface area contributed by atoms with E-state index in [1.54, 1.807) is 26.4 Å². The fourth-order valence-corrected chi connectivity index (χ4v) is 5.92. The Morgan fingerprint density at radius 3 is 2.63 bits per heavy atom. The number of halogens is 1. The van der Waals surface area contributed by atoms with Crippen LogP contribution in [0.2, 0.25) is 4.34 Å². The molecule has 13 heteroatoms. The molecule has 0 amide bonds. The van der Waals surface area contributed by atoms with E-state index in [2.05, 4.69) is 32.2 Å². The molecule has 0 saturated carbocycles. The number of hydrogen-bond donors (Lipinski definition) is 1. The first kappa shape index (κ1) is 26.6. The number of pyridine rings is 1. The maximum absolute atomic E-state index is 13.6. The second-order valence-electron chi connectivity index (χ2n) is 9.37. The van der Waals surface area contributed by atoms with E-state index in [-0.39, 0.29) is 11.5 Å². The third-order valence-corrected chi connectivity index (χ3v) is 8.25. The van der Waals surface area contributed by atoms with E-state index in [4.69, 9.17) is 11.6 Å².